The molecule has 0 fully saturated rings. The molecule has 3 aromatic rings. The molecule has 7 nitrogen and oxygen atoms in total. The molecule has 0 saturated carbocycles. The number of aromatic nitrogens is 1. The monoisotopic (exact) mass is 354 g/mol. The van der Waals surface area contributed by atoms with E-state index in [0.29, 0.717) is 18.6 Å². The van der Waals surface area contributed by atoms with Gasteiger partial charge in [-0.3, -0.25) is 10.1 Å². The standard InChI is InChI=1S/C19H18N2O5/c1-20-11-14(16-10-15(21(24)25)7-8-17(16)20)6-4-12-3-5-13(19(22)23)9-18(12)26-2/h3,5,7-11H,4,6H2,1-2H3,(H,22,23). The average molecular weight is 354 g/mol. The molecule has 0 radical (unpaired) electrons. The van der Waals surface area contributed by atoms with E-state index in [4.69, 9.17) is 9.84 Å². The number of aromatic carboxylic acids is 1. The molecule has 0 aliphatic rings. The molecule has 26 heavy (non-hydrogen) atoms. The number of nitro groups is 1. The van der Waals surface area contributed by atoms with Crippen molar-refractivity contribution in [1.29, 1.82) is 0 Å². The first-order valence-electron chi connectivity index (χ1n) is 8.03. The summed E-state index contributed by atoms with van der Waals surface area (Å²) >= 11 is 0. The quantitative estimate of drug-likeness (QED) is 0.539. The summed E-state index contributed by atoms with van der Waals surface area (Å²) < 4.78 is 7.25. The molecule has 0 aliphatic carbocycles. The Hall–Kier alpha value is -3.35. The summed E-state index contributed by atoms with van der Waals surface area (Å²) in [7, 11) is 3.41. The molecule has 1 aromatic heterocycles. The number of rotatable bonds is 6. The van der Waals surface area contributed by atoms with Crippen molar-refractivity contribution in [3.63, 3.8) is 0 Å². The number of ether oxygens (including phenoxy) is 1. The third kappa shape index (κ3) is 3.23. The van der Waals surface area contributed by atoms with Crippen LogP contribution < -0.4 is 4.74 Å². The van der Waals surface area contributed by atoms with Crippen LogP contribution in [0, 0.1) is 10.1 Å². The molecule has 2 aromatic carbocycles. The number of benzene rings is 2. The second kappa shape index (κ2) is 6.87. The molecular weight excluding hydrogens is 336 g/mol. The number of methoxy groups -OCH3 is 1. The summed E-state index contributed by atoms with van der Waals surface area (Å²) in [6, 6.07) is 9.64. The van der Waals surface area contributed by atoms with Crippen LogP contribution in [-0.4, -0.2) is 27.7 Å². The number of nitrogens with zero attached hydrogens (tertiary/aromatic N) is 2. The molecule has 7 heteroatoms. The zero-order chi connectivity index (χ0) is 18.8. The third-order valence-corrected chi connectivity index (χ3v) is 4.46. The number of carboxylic acid groups (broad SMARTS) is 1. The number of nitro benzene ring substituents is 1. The summed E-state index contributed by atoms with van der Waals surface area (Å²) in [5.41, 5.74) is 3.05. The predicted molar refractivity (Wildman–Crippen MR) is 96.9 cm³/mol. The molecule has 0 spiro atoms. The molecule has 0 unspecified atom stereocenters. The van der Waals surface area contributed by atoms with Gasteiger partial charge in [0.25, 0.3) is 5.69 Å². The van der Waals surface area contributed by atoms with Crippen LogP contribution >= 0.6 is 0 Å². The summed E-state index contributed by atoms with van der Waals surface area (Å²) in [6.45, 7) is 0. The SMILES string of the molecule is COc1cc(C(=O)O)ccc1CCc1cn(C)c2ccc([N+](=O)[O-])cc12. The second-order valence-electron chi connectivity index (χ2n) is 6.06. The first-order chi connectivity index (χ1) is 12.4. The second-order valence-corrected chi connectivity index (χ2v) is 6.06. The van der Waals surface area contributed by atoms with Gasteiger partial charge in [-0.2, -0.15) is 0 Å². The molecule has 134 valence electrons. The van der Waals surface area contributed by atoms with Gasteiger partial charge >= 0.3 is 5.97 Å². The van der Waals surface area contributed by atoms with E-state index in [-0.39, 0.29) is 11.3 Å². The Morgan fingerprint density at radius 1 is 1.19 bits per heavy atom. The fourth-order valence-corrected chi connectivity index (χ4v) is 3.13. The third-order valence-electron chi connectivity index (χ3n) is 4.46. The van der Waals surface area contributed by atoms with Gasteiger partial charge in [0, 0.05) is 36.3 Å². The van der Waals surface area contributed by atoms with Crippen molar-refractivity contribution in [2.75, 3.05) is 7.11 Å². The number of non-ortho nitro benzene ring substituents is 1. The maximum atomic E-state index is 11.1. The Morgan fingerprint density at radius 2 is 1.92 bits per heavy atom. The molecule has 0 aliphatic heterocycles. The molecule has 0 bridgehead atoms. The van der Waals surface area contributed by atoms with Gasteiger partial charge < -0.3 is 14.4 Å². The van der Waals surface area contributed by atoms with Gasteiger partial charge in [-0.15, -0.1) is 0 Å². The van der Waals surface area contributed by atoms with Gasteiger partial charge in [-0.05, 0) is 42.2 Å². The molecule has 0 atom stereocenters. The molecule has 0 saturated heterocycles. The van der Waals surface area contributed by atoms with Gasteiger partial charge in [-0.1, -0.05) is 6.07 Å². The maximum absolute atomic E-state index is 11.1. The van der Waals surface area contributed by atoms with E-state index >= 15 is 0 Å². The zero-order valence-corrected chi connectivity index (χ0v) is 14.4. The first-order valence-corrected chi connectivity index (χ1v) is 8.03. The molecule has 1 N–H and O–H groups in total. The van der Waals surface area contributed by atoms with E-state index in [1.807, 2.05) is 17.8 Å². The number of hydrogen-bond acceptors (Lipinski definition) is 4. The highest BCUT2D eigenvalue weighted by Gasteiger charge is 2.14. The van der Waals surface area contributed by atoms with Crippen molar-refractivity contribution in [3.05, 3.63) is 69.4 Å². The van der Waals surface area contributed by atoms with Crippen molar-refractivity contribution in [2.24, 2.45) is 7.05 Å². The molecule has 1 heterocycles. The number of carboxylic acids is 1. The molecular formula is C19H18N2O5. The fourth-order valence-electron chi connectivity index (χ4n) is 3.13. The minimum Gasteiger partial charge on any atom is -0.496 e. The normalized spacial score (nSPS) is 10.8. The van der Waals surface area contributed by atoms with Crippen LogP contribution in [-0.2, 0) is 19.9 Å². The smallest absolute Gasteiger partial charge is 0.335 e. The van der Waals surface area contributed by atoms with Crippen LogP contribution in [0.4, 0.5) is 5.69 Å². The van der Waals surface area contributed by atoms with Gasteiger partial charge in [0.05, 0.1) is 17.6 Å². The molecule has 3 rings (SSSR count). The van der Waals surface area contributed by atoms with Crippen molar-refractivity contribution in [2.45, 2.75) is 12.8 Å². The van der Waals surface area contributed by atoms with Gasteiger partial charge in [-0.25, -0.2) is 4.79 Å². The summed E-state index contributed by atoms with van der Waals surface area (Å²) in [5.74, 6) is -0.479. The Morgan fingerprint density at radius 3 is 2.58 bits per heavy atom. The fraction of sp³-hybridized carbons (Fsp3) is 0.211. The number of hydrogen-bond donors (Lipinski definition) is 1. The highest BCUT2D eigenvalue weighted by molar-refractivity contribution is 5.88. The van der Waals surface area contributed by atoms with E-state index < -0.39 is 10.9 Å². The van der Waals surface area contributed by atoms with E-state index in [0.717, 1.165) is 22.0 Å². The van der Waals surface area contributed by atoms with Crippen LogP contribution in [0.1, 0.15) is 21.5 Å². The van der Waals surface area contributed by atoms with E-state index in [1.54, 1.807) is 24.3 Å². The van der Waals surface area contributed by atoms with Crippen LogP contribution in [0.5, 0.6) is 5.75 Å². The van der Waals surface area contributed by atoms with Crippen molar-refractivity contribution >= 4 is 22.6 Å². The summed E-state index contributed by atoms with van der Waals surface area (Å²) in [5, 5.41) is 21.0. The Labute approximate surface area is 149 Å². The largest absolute Gasteiger partial charge is 0.496 e. The Kier molecular flexibility index (Phi) is 4.62. The Bertz CT molecular complexity index is 1010. The summed E-state index contributed by atoms with van der Waals surface area (Å²) in [6.07, 6.45) is 3.25. The minimum absolute atomic E-state index is 0.0633. The van der Waals surface area contributed by atoms with E-state index in [1.165, 1.54) is 19.2 Å². The van der Waals surface area contributed by atoms with Crippen molar-refractivity contribution in [3.8, 4) is 5.75 Å². The van der Waals surface area contributed by atoms with Crippen molar-refractivity contribution in [1.82, 2.24) is 4.57 Å². The lowest BCUT2D eigenvalue weighted by atomic mass is 10.0. The minimum atomic E-state index is -1.00. The van der Waals surface area contributed by atoms with Crippen LogP contribution in [0.2, 0.25) is 0 Å². The predicted octanol–water partition coefficient (Wildman–Crippen LogP) is 3.58. The summed E-state index contributed by atoms with van der Waals surface area (Å²) in [4.78, 5) is 21.7. The first kappa shape index (κ1) is 17.5. The maximum Gasteiger partial charge on any atom is 0.335 e. The van der Waals surface area contributed by atoms with E-state index in [9.17, 15) is 14.9 Å². The topological polar surface area (TPSA) is 94.6 Å². The average Bonchev–Trinajstić information content (AvgIpc) is 2.95. The lowest BCUT2D eigenvalue weighted by molar-refractivity contribution is -0.384. The number of carbonyl (C=O) groups is 1. The zero-order valence-electron chi connectivity index (χ0n) is 14.4. The van der Waals surface area contributed by atoms with Crippen molar-refractivity contribution < 1.29 is 19.6 Å². The van der Waals surface area contributed by atoms with Gasteiger partial charge in [0.15, 0.2) is 0 Å². The number of fused-ring (bicyclic) bond motifs is 1. The van der Waals surface area contributed by atoms with Crippen LogP contribution in [0.15, 0.2) is 42.6 Å². The molecule has 0 amide bonds. The Balaban J connectivity index is 1.91. The van der Waals surface area contributed by atoms with Gasteiger partial charge in [0.2, 0.25) is 0 Å². The lowest BCUT2D eigenvalue weighted by Gasteiger charge is -2.09. The lowest BCUT2D eigenvalue weighted by Crippen LogP contribution is -2.00. The van der Waals surface area contributed by atoms with E-state index in [2.05, 4.69) is 0 Å². The van der Waals surface area contributed by atoms with Crippen LogP contribution in [0.25, 0.3) is 10.9 Å². The van der Waals surface area contributed by atoms with Gasteiger partial charge in [0.1, 0.15) is 5.75 Å². The highest BCUT2D eigenvalue weighted by atomic mass is 16.6. The highest BCUT2D eigenvalue weighted by Crippen LogP contribution is 2.28. The van der Waals surface area contributed by atoms with Crippen LogP contribution in [0.3, 0.4) is 0 Å². The number of aryl methyl sites for hydroxylation is 3.